The SMILES string of the molecule is CN(Cc1ccccc1CCCN)c1cc(F)c(SNc2ncns2)cc1OC=O. The minimum Gasteiger partial charge on any atom is -0.426 e. The molecule has 3 aromatic rings. The summed E-state index contributed by atoms with van der Waals surface area (Å²) in [6.07, 6.45) is 3.18. The van der Waals surface area contributed by atoms with Crippen LogP contribution in [0.5, 0.6) is 5.75 Å². The fraction of sp³-hybridized carbons (Fsp3) is 0.250. The first-order valence-electron chi connectivity index (χ1n) is 9.23. The van der Waals surface area contributed by atoms with Crippen molar-refractivity contribution in [2.45, 2.75) is 24.3 Å². The van der Waals surface area contributed by atoms with Crippen molar-refractivity contribution in [3.8, 4) is 5.75 Å². The molecule has 1 aromatic heterocycles. The van der Waals surface area contributed by atoms with Gasteiger partial charge in [0, 0.05) is 37.3 Å². The zero-order valence-corrected chi connectivity index (χ0v) is 18.0. The molecule has 3 N–H and O–H groups in total. The molecule has 0 unspecified atom stereocenters. The monoisotopic (exact) mass is 447 g/mol. The van der Waals surface area contributed by atoms with Crippen LogP contribution >= 0.6 is 23.5 Å². The third-order valence-electron chi connectivity index (χ3n) is 4.39. The average Bonchev–Trinajstić information content (AvgIpc) is 3.27. The van der Waals surface area contributed by atoms with E-state index in [-0.39, 0.29) is 10.6 Å². The van der Waals surface area contributed by atoms with E-state index in [1.54, 1.807) is 0 Å². The van der Waals surface area contributed by atoms with Gasteiger partial charge in [-0.25, -0.2) is 9.37 Å². The van der Waals surface area contributed by atoms with Crippen LogP contribution in [0.4, 0.5) is 15.2 Å². The van der Waals surface area contributed by atoms with Crippen molar-refractivity contribution >= 4 is 40.8 Å². The lowest BCUT2D eigenvalue weighted by molar-refractivity contribution is -0.120. The summed E-state index contributed by atoms with van der Waals surface area (Å²) >= 11 is 2.20. The summed E-state index contributed by atoms with van der Waals surface area (Å²) in [4.78, 5) is 17.2. The smallest absolute Gasteiger partial charge is 0.298 e. The fourth-order valence-corrected chi connectivity index (χ4v) is 4.09. The molecule has 10 heteroatoms. The number of hydrogen-bond donors (Lipinski definition) is 2. The van der Waals surface area contributed by atoms with Crippen LogP contribution in [0, 0.1) is 5.82 Å². The van der Waals surface area contributed by atoms with Gasteiger partial charge in [0.05, 0.1) is 10.6 Å². The van der Waals surface area contributed by atoms with Crippen LogP contribution < -0.4 is 20.1 Å². The first-order chi connectivity index (χ1) is 14.6. The van der Waals surface area contributed by atoms with Crippen molar-refractivity contribution in [2.75, 3.05) is 23.2 Å². The number of nitrogens with zero attached hydrogens (tertiary/aromatic N) is 3. The summed E-state index contributed by atoms with van der Waals surface area (Å²) < 4.78 is 26.7. The van der Waals surface area contributed by atoms with Gasteiger partial charge in [-0.15, -0.1) is 0 Å². The Morgan fingerprint density at radius 1 is 1.33 bits per heavy atom. The van der Waals surface area contributed by atoms with Gasteiger partial charge in [0.2, 0.25) is 5.13 Å². The highest BCUT2D eigenvalue weighted by atomic mass is 32.2. The molecule has 0 saturated carbocycles. The van der Waals surface area contributed by atoms with E-state index in [9.17, 15) is 9.18 Å². The van der Waals surface area contributed by atoms with Crippen molar-refractivity contribution in [2.24, 2.45) is 5.73 Å². The van der Waals surface area contributed by atoms with Crippen LogP contribution in [-0.4, -0.2) is 29.4 Å². The second-order valence-electron chi connectivity index (χ2n) is 6.43. The molecule has 0 amide bonds. The zero-order valence-electron chi connectivity index (χ0n) is 16.4. The molecule has 158 valence electrons. The van der Waals surface area contributed by atoms with Gasteiger partial charge >= 0.3 is 0 Å². The highest BCUT2D eigenvalue weighted by Gasteiger charge is 2.17. The van der Waals surface area contributed by atoms with Gasteiger partial charge in [-0.05, 0) is 42.5 Å². The van der Waals surface area contributed by atoms with Gasteiger partial charge < -0.3 is 20.1 Å². The zero-order chi connectivity index (χ0) is 21.3. The third kappa shape index (κ3) is 5.68. The summed E-state index contributed by atoms with van der Waals surface area (Å²) in [7, 11) is 1.83. The molecule has 30 heavy (non-hydrogen) atoms. The molecule has 0 aliphatic heterocycles. The van der Waals surface area contributed by atoms with E-state index in [1.807, 2.05) is 30.1 Å². The van der Waals surface area contributed by atoms with Gasteiger partial charge in [0.1, 0.15) is 12.1 Å². The molecule has 0 bridgehead atoms. The van der Waals surface area contributed by atoms with Gasteiger partial charge in [-0.1, -0.05) is 24.3 Å². The normalized spacial score (nSPS) is 10.6. The molecule has 2 aromatic carbocycles. The Labute approximate surface area is 182 Å². The van der Waals surface area contributed by atoms with Gasteiger partial charge in [-0.2, -0.15) is 4.37 Å². The maximum Gasteiger partial charge on any atom is 0.298 e. The quantitative estimate of drug-likeness (QED) is 0.338. The van der Waals surface area contributed by atoms with Gasteiger partial charge in [0.25, 0.3) is 6.47 Å². The first kappa shape index (κ1) is 22.0. The molecule has 0 radical (unpaired) electrons. The maximum atomic E-state index is 14.8. The Morgan fingerprint density at radius 2 is 2.13 bits per heavy atom. The van der Waals surface area contributed by atoms with Gasteiger partial charge in [0.15, 0.2) is 5.75 Å². The summed E-state index contributed by atoms with van der Waals surface area (Å²) in [5.41, 5.74) is 8.43. The first-order valence-corrected chi connectivity index (χ1v) is 10.8. The molecule has 1 heterocycles. The molecule has 0 fully saturated rings. The molecule has 0 spiro atoms. The molecule has 0 saturated heterocycles. The molecule has 3 rings (SSSR count). The Kier molecular flexibility index (Phi) is 8.00. The molecular weight excluding hydrogens is 425 g/mol. The number of nitrogens with one attached hydrogen (secondary N) is 1. The Morgan fingerprint density at radius 3 is 2.83 bits per heavy atom. The third-order valence-corrected chi connectivity index (χ3v) is 5.92. The number of aryl methyl sites for hydroxylation is 1. The lowest BCUT2D eigenvalue weighted by Crippen LogP contribution is -2.19. The summed E-state index contributed by atoms with van der Waals surface area (Å²) in [5.74, 6) is -0.163. The topological polar surface area (TPSA) is 93.4 Å². The van der Waals surface area contributed by atoms with E-state index in [2.05, 4.69) is 20.1 Å². The number of anilines is 2. The molecule has 0 aliphatic carbocycles. The summed E-state index contributed by atoms with van der Waals surface area (Å²) in [5, 5.41) is 0.549. The van der Waals surface area contributed by atoms with E-state index in [4.69, 9.17) is 10.5 Å². The predicted octanol–water partition coefficient (Wildman–Crippen LogP) is 3.86. The van der Waals surface area contributed by atoms with Crippen molar-refractivity contribution in [1.82, 2.24) is 9.36 Å². The largest absolute Gasteiger partial charge is 0.426 e. The molecular formula is C20H22FN5O2S2. The van der Waals surface area contributed by atoms with Gasteiger partial charge in [-0.3, -0.25) is 4.79 Å². The molecule has 0 atom stereocenters. The second-order valence-corrected chi connectivity index (χ2v) is 8.06. The van der Waals surface area contributed by atoms with E-state index in [0.717, 1.165) is 41.9 Å². The van der Waals surface area contributed by atoms with Crippen LogP contribution in [0.15, 0.2) is 47.6 Å². The van der Waals surface area contributed by atoms with E-state index < -0.39 is 5.82 Å². The number of benzene rings is 2. The van der Waals surface area contributed by atoms with Crippen LogP contribution in [-0.2, 0) is 17.8 Å². The van der Waals surface area contributed by atoms with Crippen molar-refractivity contribution in [3.05, 3.63) is 59.7 Å². The van der Waals surface area contributed by atoms with E-state index >= 15 is 0 Å². The molecule has 7 nitrogen and oxygen atoms in total. The number of hydrogen-bond acceptors (Lipinski definition) is 9. The summed E-state index contributed by atoms with van der Waals surface area (Å²) in [6.45, 7) is 1.49. The number of rotatable bonds is 11. The van der Waals surface area contributed by atoms with E-state index in [0.29, 0.717) is 30.4 Å². The van der Waals surface area contributed by atoms with Crippen molar-refractivity contribution in [1.29, 1.82) is 0 Å². The van der Waals surface area contributed by atoms with Crippen LogP contribution in [0.2, 0.25) is 0 Å². The number of carbonyl (C=O) groups is 1. The minimum absolute atomic E-state index is 0.273. The number of ether oxygens (including phenoxy) is 1. The average molecular weight is 448 g/mol. The summed E-state index contributed by atoms with van der Waals surface area (Å²) in [6, 6.07) is 10.9. The highest BCUT2D eigenvalue weighted by Crippen LogP contribution is 2.36. The predicted molar refractivity (Wildman–Crippen MR) is 118 cm³/mol. The maximum absolute atomic E-state index is 14.8. The lowest BCUT2D eigenvalue weighted by atomic mass is 10.0. The number of nitrogens with two attached hydrogens (primary N) is 1. The van der Waals surface area contributed by atoms with Crippen LogP contribution in [0.3, 0.4) is 0 Å². The number of aromatic nitrogens is 2. The highest BCUT2D eigenvalue weighted by molar-refractivity contribution is 8.00. The van der Waals surface area contributed by atoms with Crippen molar-refractivity contribution in [3.63, 3.8) is 0 Å². The number of carbonyl (C=O) groups excluding carboxylic acids is 1. The van der Waals surface area contributed by atoms with Crippen LogP contribution in [0.25, 0.3) is 0 Å². The fourth-order valence-electron chi connectivity index (χ4n) is 2.95. The number of halogens is 1. The minimum atomic E-state index is -0.437. The van der Waals surface area contributed by atoms with Crippen LogP contribution in [0.1, 0.15) is 17.5 Å². The Hall–Kier alpha value is -2.69. The molecule has 0 aliphatic rings. The van der Waals surface area contributed by atoms with E-state index in [1.165, 1.54) is 24.0 Å². The second kappa shape index (κ2) is 10.9. The Bertz CT molecular complexity index is 972. The lowest BCUT2D eigenvalue weighted by Gasteiger charge is -2.23. The van der Waals surface area contributed by atoms with Crippen molar-refractivity contribution < 1.29 is 13.9 Å². The standard InChI is InChI=1S/C20H22FN5O2S2/c1-26(11-15-6-3-2-5-14(15)7-4-8-22)17-9-16(21)19(10-18(17)28-13-27)29-25-20-23-12-24-30-20/h2-3,5-6,9-10,12-13H,4,7-8,11,22H2,1H3,(H,23,24,25). The Balaban J connectivity index is 1.81.